The summed E-state index contributed by atoms with van der Waals surface area (Å²) in [5.41, 5.74) is 1.71. The first kappa shape index (κ1) is 19.0. The van der Waals surface area contributed by atoms with Crippen molar-refractivity contribution in [2.24, 2.45) is 18.9 Å². The molecule has 2 aromatic rings. The highest BCUT2D eigenvalue weighted by atomic mass is 19.4. The van der Waals surface area contributed by atoms with Crippen LogP contribution in [-0.4, -0.2) is 57.6 Å². The number of nitrogens with one attached hydrogen (secondary N) is 1. The fraction of sp³-hybridized carbons (Fsp3) is 0.471. The summed E-state index contributed by atoms with van der Waals surface area (Å²) in [5, 5.41) is 16.9. The van der Waals surface area contributed by atoms with E-state index in [9.17, 15) is 22.8 Å². The Hall–Kier alpha value is -2.78. The van der Waals surface area contributed by atoms with Gasteiger partial charge in [0.15, 0.2) is 0 Å². The quantitative estimate of drug-likeness (QED) is 0.844. The van der Waals surface area contributed by atoms with Gasteiger partial charge in [-0.3, -0.25) is 9.48 Å². The van der Waals surface area contributed by atoms with Gasteiger partial charge in [0.2, 0.25) is 0 Å². The molecule has 1 fully saturated rings. The molecule has 1 aromatic carbocycles. The molecule has 0 aliphatic carbocycles. The number of carbonyl (C=O) groups is 2. The second-order valence-electron chi connectivity index (χ2n) is 6.57. The van der Waals surface area contributed by atoms with Crippen LogP contribution in [0.1, 0.15) is 5.69 Å². The zero-order chi connectivity index (χ0) is 19.8. The molecule has 0 saturated carbocycles. The van der Waals surface area contributed by atoms with E-state index >= 15 is 0 Å². The third-order valence-electron chi connectivity index (χ3n) is 4.82. The molecule has 3 rings (SSSR count). The van der Waals surface area contributed by atoms with E-state index in [0.717, 1.165) is 21.5 Å². The first-order valence-corrected chi connectivity index (χ1v) is 8.41. The number of aromatic nitrogens is 2. The van der Waals surface area contributed by atoms with Gasteiger partial charge in [-0.1, -0.05) is 18.2 Å². The van der Waals surface area contributed by atoms with Gasteiger partial charge >= 0.3 is 18.2 Å². The molecule has 0 unspecified atom stereocenters. The molecule has 2 N–H and O–H groups in total. The number of hydrogen-bond donors (Lipinski definition) is 2. The number of hydrogen-bond acceptors (Lipinski definition) is 3. The van der Waals surface area contributed by atoms with Crippen LogP contribution in [0, 0.1) is 11.8 Å². The molecule has 2 amide bonds. The second kappa shape index (κ2) is 7.09. The van der Waals surface area contributed by atoms with E-state index in [-0.39, 0.29) is 6.54 Å². The Morgan fingerprint density at radius 1 is 1.30 bits per heavy atom. The van der Waals surface area contributed by atoms with E-state index in [0.29, 0.717) is 6.42 Å². The number of nitrogens with zero attached hydrogens (tertiary/aromatic N) is 3. The van der Waals surface area contributed by atoms with Crippen molar-refractivity contribution >= 4 is 22.9 Å². The Morgan fingerprint density at radius 3 is 2.63 bits per heavy atom. The summed E-state index contributed by atoms with van der Waals surface area (Å²) >= 11 is 0. The van der Waals surface area contributed by atoms with E-state index in [2.05, 4.69) is 10.4 Å². The maximum absolute atomic E-state index is 13.0. The number of urea groups is 1. The highest BCUT2D eigenvalue weighted by Gasteiger charge is 2.53. The maximum atomic E-state index is 13.0. The zero-order valence-corrected chi connectivity index (χ0v) is 14.5. The molecule has 0 bridgehead atoms. The fourth-order valence-corrected chi connectivity index (χ4v) is 3.42. The lowest BCUT2D eigenvalue weighted by molar-refractivity contribution is -0.187. The smallest absolute Gasteiger partial charge is 0.394 e. The van der Waals surface area contributed by atoms with Gasteiger partial charge < -0.3 is 15.3 Å². The van der Waals surface area contributed by atoms with Crippen LogP contribution in [0.25, 0.3) is 10.9 Å². The first-order valence-electron chi connectivity index (χ1n) is 8.41. The highest BCUT2D eigenvalue weighted by Crippen LogP contribution is 2.37. The van der Waals surface area contributed by atoms with E-state index in [4.69, 9.17) is 5.11 Å². The number of para-hydroxylation sites is 1. The molecular formula is C17H19F3N4O3. The molecule has 0 spiro atoms. The highest BCUT2D eigenvalue weighted by molar-refractivity contribution is 5.82. The summed E-state index contributed by atoms with van der Waals surface area (Å²) in [6.07, 6.45) is -4.25. The van der Waals surface area contributed by atoms with Gasteiger partial charge in [0, 0.05) is 38.5 Å². The van der Waals surface area contributed by atoms with Crippen molar-refractivity contribution in [2.75, 3.05) is 19.6 Å². The summed E-state index contributed by atoms with van der Waals surface area (Å²) in [4.78, 5) is 24.2. The predicted octanol–water partition coefficient (Wildman–Crippen LogP) is 2.02. The number of alkyl halides is 3. The Morgan fingerprint density at radius 2 is 2.00 bits per heavy atom. The molecule has 2 heterocycles. The minimum Gasteiger partial charge on any atom is -0.481 e. The standard InChI is InChI=1S/C17H19F3N4O3/c1-23-14-5-3-2-4-10(14)13(22-23)6-7-21-16(27)24-8-11(15(25)26)12(9-24)17(18,19)20/h2-5,11-12H,6-9H2,1H3,(H,21,27)(H,25,26)/t11-,12-/m1/s1. The number of amides is 2. The number of likely N-dealkylation sites (tertiary alicyclic amines) is 1. The number of carbonyl (C=O) groups excluding carboxylic acids is 1. The summed E-state index contributed by atoms with van der Waals surface area (Å²) < 4.78 is 40.7. The van der Waals surface area contributed by atoms with Gasteiger partial charge in [-0.2, -0.15) is 18.3 Å². The average molecular weight is 384 g/mol. The third kappa shape index (κ3) is 3.83. The van der Waals surface area contributed by atoms with Gasteiger partial charge in [0.25, 0.3) is 0 Å². The topological polar surface area (TPSA) is 87.5 Å². The van der Waals surface area contributed by atoms with Crippen LogP contribution in [0.2, 0.25) is 0 Å². The minimum atomic E-state index is -4.66. The molecule has 2 atom stereocenters. The monoisotopic (exact) mass is 384 g/mol. The molecule has 0 radical (unpaired) electrons. The molecular weight excluding hydrogens is 365 g/mol. The SMILES string of the molecule is Cn1nc(CCNC(=O)N2C[C@@H](C(F)(F)F)[C@H](C(=O)O)C2)c2ccccc21. The molecule has 1 aliphatic heterocycles. The Bertz CT molecular complexity index is 865. The summed E-state index contributed by atoms with van der Waals surface area (Å²) in [6, 6.07) is 6.88. The van der Waals surface area contributed by atoms with Crippen molar-refractivity contribution in [3.63, 3.8) is 0 Å². The van der Waals surface area contributed by atoms with Gasteiger partial charge in [-0.25, -0.2) is 4.79 Å². The van der Waals surface area contributed by atoms with Gasteiger partial charge in [0.05, 0.1) is 23.0 Å². The molecule has 1 aromatic heterocycles. The lowest BCUT2D eigenvalue weighted by Gasteiger charge is -2.18. The molecule has 1 saturated heterocycles. The van der Waals surface area contributed by atoms with E-state index in [1.165, 1.54) is 0 Å². The maximum Gasteiger partial charge on any atom is 0.394 e. The number of fused-ring (bicyclic) bond motifs is 1. The number of aryl methyl sites for hydroxylation is 1. The summed E-state index contributed by atoms with van der Waals surface area (Å²) in [6.45, 7) is -0.929. The van der Waals surface area contributed by atoms with E-state index < -0.39 is 43.1 Å². The number of carboxylic acids is 1. The fourth-order valence-electron chi connectivity index (χ4n) is 3.42. The Kier molecular flexibility index (Phi) is 4.99. The lowest BCUT2D eigenvalue weighted by Crippen LogP contribution is -2.40. The lowest BCUT2D eigenvalue weighted by atomic mass is 9.96. The van der Waals surface area contributed by atoms with Crippen LogP contribution in [0.4, 0.5) is 18.0 Å². The molecule has 146 valence electrons. The third-order valence-corrected chi connectivity index (χ3v) is 4.82. The number of carboxylic acid groups (broad SMARTS) is 1. The van der Waals surface area contributed by atoms with E-state index in [1.807, 2.05) is 24.3 Å². The van der Waals surface area contributed by atoms with Crippen LogP contribution in [0.3, 0.4) is 0 Å². The van der Waals surface area contributed by atoms with Gasteiger partial charge in [0.1, 0.15) is 0 Å². The van der Waals surface area contributed by atoms with Crippen molar-refractivity contribution in [3.05, 3.63) is 30.0 Å². The Balaban J connectivity index is 1.60. The molecule has 27 heavy (non-hydrogen) atoms. The number of halogens is 3. The van der Waals surface area contributed by atoms with E-state index in [1.54, 1.807) is 11.7 Å². The Labute approximate surface area is 152 Å². The van der Waals surface area contributed by atoms with Crippen molar-refractivity contribution < 1.29 is 27.9 Å². The second-order valence-corrected chi connectivity index (χ2v) is 6.57. The van der Waals surface area contributed by atoms with Crippen molar-refractivity contribution in [1.29, 1.82) is 0 Å². The van der Waals surface area contributed by atoms with Gasteiger partial charge in [-0.15, -0.1) is 0 Å². The van der Waals surface area contributed by atoms with Crippen LogP contribution in [-0.2, 0) is 18.3 Å². The minimum absolute atomic E-state index is 0.185. The normalized spacial score (nSPS) is 20.2. The van der Waals surface area contributed by atoms with Crippen LogP contribution >= 0.6 is 0 Å². The van der Waals surface area contributed by atoms with Crippen LogP contribution in [0.15, 0.2) is 24.3 Å². The predicted molar refractivity (Wildman–Crippen MR) is 90.1 cm³/mol. The summed E-state index contributed by atoms with van der Waals surface area (Å²) in [7, 11) is 1.80. The largest absolute Gasteiger partial charge is 0.481 e. The number of benzene rings is 1. The van der Waals surface area contributed by atoms with Crippen molar-refractivity contribution in [2.45, 2.75) is 12.6 Å². The van der Waals surface area contributed by atoms with Crippen LogP contribution < -0.4 is 5.32 Å². The number of rotatable bonds is 4. The van der Waals surface area contributed by atoms with Gasteiger partial charge in [-0.05, 0) is 6.07 Å². The zero-order valence-electron chi connectivity index (χ0n) is 14.5. The molecule has 7 nitrogen and oxygen atoms in total. The first-order chi connectivity index (χ1) is 12.7. The average Bonchev–Trinajstić information content (AvgIpc) is 3.18. The van der Waals surface area contributed by atoms with Crippen molar-refractivity contribution in [1.82, 2.24) is 20.0 Å². The van der Waals surface area contributed by atoms with Crippen molar-refractivity contribution in [3.8, 4) is 0 Å². The molecule has 1 aliphatic rings. The molecule has 10 heteroatoms. The number of aliphatic carboxylic acids is 1. The van der Waals surface area contributed by atoms with Crippen LogP contribution in [0.5, 0.6) is 0 Å². The summed E-state index contributed by atoms with van der Waals surface area (Å²) in [5.74, 6) is -5.25.